The highest BCUT2D eigenvalue weighted by molar-refractivity contribution is 7.22. The molecule has 15 heteroatoms. The maximum atomic E-state index is 15.0. The lowest BCUT2D eigenvalue weighted by Gasteiger charge is -2.49. The van der Waals surface area contributed by atoms with Gasteiger partial charge in [-0.1, -0.05) is 30.2 Å². The van der Waals surface area contributed by atoms with Gasteiger partial charge in [0.15, 0.2) is 0 Å². The SMILES string of the molecule is CCCN1C(=O)[C@H]2[C@H](CC=C3[C@H]2C[C@H]2C(=O)N(c4cc(-c5sc6ccc(Cl)cc6c5C)nn4C)C(=O)[C@@]2(C)[C@H]3c2cc(OC(F)(F)F)ccc2O)C1=O. The fourth-order valence-electron chi connectivity index (χ4n) is 9.26. The normalized spacial score (nSPS) is 27.0. The number of aromatic hydroxyl groups is 1. The van der Waals surface area contributed by atoms with Crippen LogP contribution in [0.15, 0.2) is 54.1 Å². The van der Waals surface area contributed by atoms with E-state index in [0.717, 1.165) is 43.6 Å². The monoisotopic (exact) mass is 766 g/mol. The molecule has 1 N–H and O–H groups in total. The van der Waals surface area contributed by atoms with E-state index in [1.165, 1.54) is 20.9 Å². The summed E-state index contributed by atoms with van der Waals surface area (Å²) >= 11 is 7.76. The lowest BCUT2D eigenvalue weighted by atomic mass is 9.51. The summed E-state index contributed by atoms with van der Waals surface area (Å²) in [5, 5.41) is 17.5. The first kappa shape index (κ1) is 35.3. The maximum Gasteiger partial charge on any atom is 0.573 e. The largest absolute Gasteiger partial charge is 0.573 e. The van der Waals surface area contributed by atoms with Crippen LogP contribution in [0.3, 0.4) is 0 Å². The number of phenols is 1. The van der Waals surface area contributed by atoms with Crippen molar-refractivity contribution in [3.8, 4) is 22.1 Å². The van der Waals surface area contributed by atoms with E-state index in [-0.39, 0.29) is 42.6 Å². The molecule has 2 saturated heterocycles. The lowest BCUT2D eigenvalue weighted by Crippen LogP contribution is -2.49. The third kappa shape index (κ3) is 5.23. The number of aromatic nitrogens is 2. The summed E-state index contributed by atoms with van der Waals surface area (Å²) in [4.78, 5) is 60.2. The minimum absolute atomic E-state index is 0.0421. The van der Waals surface area contributed by atoms with Crippen LogP contribution >= 0.6 is 22.9 Å². The van der Waals surface area contributed by atoms with Crippen molar-refractivity contribution >= 4 is 62.5 Å². The van der Waals surface area contributed by atoms with Crippen LogP contribution in [0.4, 0.5) is 19.0 Å². The van der Waals surface area contributed by atoms with Crippen molar-refractivity contribution in [1.82, 2.24) is 14.7 Å². The van der Waals surface area contributed by atoms with Gasteiger partial charge >= 0.3 is 6.36 Å². The van der Waals surface area contributed by atoms with Gasteiger partial charge in [-0.25, -0.2) is 4.90 Å². The summed E-state index contributed by atoms with van der Waals surface area (Å²) in [6.07, 6.45) is -2.52. The Morgan fingerprint density at radius 1 is 1.06 bits per heavy atom. The Labute approximate surface area is 310 Å². The number of likely N-dealkylation sites (tertiary alicyclic amines) is 1. The van der Waals surface area contributed by atoms with Gasteiger partial charge in [0, 0.05) is 40.9 Å². The lowest BCUT2D eigenvalue weighted by molar-refractivity contribution is -0.274. The number of aryl methyl sites for hydroxylation is 2. The topological polar surface area (TPSA) is 122 Å². The number of carbonyl (C=O) groups is 4. The van der Waals surface area contributed by atoms with E-state index in [4.69, 9.17) is 16.7 Å². The minimum Gasteiger partial charge on any atom is -0.508 e. The van der Waals surface area contributed by atoms with Crippen molar-refractivity contribution in [3.63, 3.8) is 0 Å². The standard InChI is InChI=1S/C38H34ClF3N4O6S/c1-5-12-45-33(48)21-9-8-20-23(30(21)35(45)50)15-25-34(49)46(29-16-26(43-44(29)4)32-17(2)22-13-18(39)6-11-28(22)53-32)36(51)37(25,3)31(20)24-14-19(7-10-27(24)47)52-38(40,41)42/h6-8,10-11,13-14,16,21,23,25,30-31,47H,5,9,12,15H2,1-4H3/t21-,23+,25-,30-,31+,37+/m0/s1. The third-order valence-electron chi connectivity index (χ3n) is 11.6. The quantitative estimate of drug-likeness (QED) is 0.159. The number of alkyl halides is 3. The number of hydrogen-bond donors (Lipinski definition) is 1. The van der Waals surface area contributed by atoms with Gasteiger partial charge in [-0.05, 0) is 86.4 Å². The smallest absolute Gasteiger partial charge is 0.508 e. The van der Waals surface area contributed by atoms with Gasteiger partial charge in [-0.15, -0.1) is 24.5 Å². The molecule has 2 aliphatic carbocycles. The molecule has 4 amide bonds. The van der Waals surface area contributed by atoms with Crippen LogP contribution in [0, 0.1) is 36.0 Å². The number of phenolic OH excluding ortho intramolecular Hbond substituents is 1. The Kier molecular flexibility index (Phi) is 8.12. The number of fused-ring (bicyclic) bond motifs is 5. The number of allylic oxidation sites excluding steroid dienone is 2. The number of benzene rings is 2. The molecule has 3 fully saturated rings. The number of imide groups is 2. The van der Waals surface area contributed by atoms with Crippen LogP contribution in [0.5, 0.6) is 11.5 Å². The summed E-state index contributed by atoms with van der Waals surface area (Å²) in [6, 6.07) is 10.3. The van der Waals surface area contributed by atoms with E-state index in [1.54, 1.807) is 32.2 Å². The molecule has 0 spiro atoms. The Morgan fingerprint density at radius 3 is 2.53 bits per heavy atom. The summed E-state index contributed by atoms with van der Waals surface area (Å²) in [5.74, 6) is -7.13. The van der Waals surface area contributed by atoms with Gasteiger partial charge in [0.2, 0.25) is 23.6 Å². The van der Waals surface area contributed by atoms with Gasteiger partial charge < -0.3 is 9.84 Å². The molecule has 53 heavy (non-hydrogen) atoms. The second kappa shape index (κ2) is 12.2. The number of ether oxygens (including phenoxy) is 1. The zero-order valence-electron chi connectivity index (χ0n) is 29.0. The van der Waals surface area contributed by atoms with E-state index in [2.05, 4.69) is 4.74 Å². The van der Waals surface area contributed by atoms with Crippen molar-refractivity contribution in [3.05, 3.63) is 70.3 Å². The number of nitrogens with zero attached hydrogens (tertiary/aromatic N) is 4. The molecule has 10 nitrogen and oxygen atoms in total. The molecule has 2 aliphatic heterocycles. The first-order valence-corrected chi connectivity index (χ1v) is 18.5. The van der Waals surface area contributed by atoms with E-state index in [9.17, 15) is 37.5 Å². The van der Waals surface area contributed by atoms with Crippen LogP contribution < -0.4 is 9.64 Å². The summed E-state index contributed by atoms with van der Waals surface area (Å²) in [5.41, 5.74) is 0.298. The predicted octanol–water partition coefficient (Wildman–Crippen LogP) is 7.51. The van der Waals surface area contributed by atoms with Crippen LogP contribution in [0.1, 0.15) is 50.2 Å². The fourth-order valence-corrected chi connectivity index (χ4v) is 10.6. The van der Waals surface area contributed by atoms with Gasteiger partial charge in [0.25, 0.3) is 0 Å². The van der Waals surface area contributed by atoms with Crippen molar-refractivity contribution in [2.24, 2.45) is 36.1 Å². The molecule has 1 saturated carbocycles. The molecule has 4 heterocycles. The molecule has 0 bridgehead atoms. The highest BCUT2D eigenvalue weighted by Gasteiger charge is 2.68. The van der Waals surface area contributed by atoms with E-state index in [1.807, 2.05) is 26.0 Å². The van der Waals surface area contributed by atoms with Crippen LogP contribution in [0.2, 0.25) is 5.02 Å². The number of thiophene rings is 1. The Morgan fingerprint density at radius 2 is 1.81 bits per heavy atom. The number of hydrogen-bond acceptors (Lipinski definition) is 8. The molecule has 4 aliphatic rings. The highest BCUT2D eigenvalue weighted by atomic mass is 35.5. The first-order valence-electron chi connectivity index (χ1n) is 17.3. The van der Waals surface area contributed by atoms with Crippen LogP contribution in [-0.4, -0.2) is 56.3 Å². The molecule has 276 valence electrons. The van der Waals surface area contributed by atoms with E-state index in [0.29, 0.717) is 22.7 Å². The third-order valence-corrected chi connectivity index (χ3v) is 13.1. The van der Waals surface area contributed by atoms with Gasteiger partial charge in [0.1, 0.15) is 23.0 Å². The van der Waals surface area contributed by atoms with Crippen molar-refractivity contribution in [2.45, 2.75) is 52.3 Å². The van der Waals surface area contributed by atoms with Crippen LogP contribution in [0.25, 0.3) is 20.7 Å². The van der Waals surface area contributed by atoms with Gasteiger partial charge in [-0.3, -0.25) is 28.8 Å². The fraction of sp³-hybridized carbons (Fsp3) is 0.395. The zero-order valence-corrected chi connectivity index (χ0v) is 30.6. The average Bonchev–Trinajstić information content (AvgIpc) is 3.76. The molecule has 4 aromatic rings. The number of anilines is 1. The predicted molar refractivity (Wildman–Crippen MR) is 190 cm³/mol. The van der Waals surface area contributed by atoms with Crippen LogP contribution in [-0.2, 0) is 26.2 Å². The number of halogens is 4. The van der Waals surface area contributed by atoms with Gasteiger partial charge in [-0.2, -0.15) is 5.10 Å². The zero-order chi connectivity index (χ0) is 37.9. The molecular weight excluding hydrogens is 733 g/mol. The Balaban J connectivity index is 1.27. The molecule has 8 rings (SSSR count). The molecule has 6 atom stereocenters. The number of amides is 4. The molecule has 0 radical (unpaired) electrons. The van der Waals surface area contributed by atoms with Crippen molar-refractivity contribution in [1.29, 1.82) is 0 Å². The van der Waals surface area contributed by atoms with E-state index >= 15 is 0 Å². The van der Waals surface area contributed by atoms with Crippen molar-refractivity contribution in [2.75, 3.05) is 11.4 Å². The number of rotatable bonds is 6. The summed E-state index contributed by atoms with van der Waals surface area (Å²) in [7, 11) is 1.61. The highest BCUT2D eigenvalue weighted by Crippen LogP contribution is 2.64. The van der Waals surface area contributed by atoms with Gasteiger partial charge in [0.05, 0.1) is 28.0 Å². The number of carbonyl (C=O) groups excluding carboxylic acids is 4. The van der Waals surface area contributed by atoms with E-state index < -0.39 is 64.7 Å². The van der Waals surface area contributed by atoms with Crippen molar-refractivity contribution < 1.29 is 42.2 Å². The summed E-state index contributed by atoms with van der Waals surface area (Å²) < 4.78 is 46.9. The minimum atomic E-state index is -5.04. The molecule has 0 unspecified atom stereocenters. The molecule has 2 aromatic heterocycles. The average molecular weight is 767 g/mol. The maximum absolute atomic E-state index is 15.0. The first-order chi connectivity index (χ1) is 25.0. The molecule has 2 aromatic carbocycles. The summed E-state index contributed by atoms with van der Waals surface area (Å²) in [6.45, 7) is 5.61. The second-order valence-electron chi connectivity index (χ2n) is 14.5. The Hall–Kier alpha value is -4.69. The second-order valence-corrected chi connectivity index (χ2v) is 16.0. The Bertz CT molecular complexity index is 2300. The molecular formula is C38H34ClF3N4O6S.